The van der Waals surface area contributed by atoms with Crippen molar-refractivity contribution >= 4 is 0 Å². The maximum atomic E-state index is 6.16. The van der Waals surface area contributed by atoms with Crippen LogP contribution in [0.25, 0.3) is 0 Å². The Morgan fingerprint density at radius 1 is 1.21 bits per heavy atom. The molecule has 19 heavy (non-hydrogen) atoms. The van der Waals surface area contributed by atoms with Crippen LogP contribution in [-0.2, 0) is 19.8 Å². The highest BCUT2D eigenvalue weighted by Gasteiger charge is 2.46. The maximum absolute atomic E-state index is 6.16. The van der Waals surface area contributed by atoms with Crippen LogP contribution in [0.3, 0.4) is 0 Å². The van der Waals surface area contributed by atoms with Crippen molar-refractivity contribution in [3.05, 3.63) is 35.9 Å². The fraction of sp³-hybridized carbons (Fsp3) is 0.625. The fourth-order valence-corrected chi connectivity index (χ4v) is 2.34. The molecule has 2 rings (SSSR count). The summed E-state index contributed by atoms with van der Waals surface area (Å²) in [7, 11) is 0. The molecule has 0 amide bonds. The van der Waals surface area contributed by atoms with Gasteiger partial charge in [-0.1, -0.05) is 43.7 Å². The Balaban J connectivity index is 2.11. The van der Waals surface area contributed by atoms with Crippen molar-refractivity contribution in [2.75, 3.05) is 19.8 Å². The molecular weight excluding hydrogens is 240 g/mol. The summed E-state index contributed by atoms with van der Waals surface area (Å²) in [5.41, 5.74) is 0.649. The molecule has 1 aromatic rings. The van der Waals surface area contributed by atoms with Crippen molar-refractivity contribution in [2.24, 2.45) is 0 Å². The molecule has 1 aliphatic heterocycles. The molecule has 0 aliphatic carbocycles. The van der Waals surface area contributed by atoms with E-state index in [0.717, 1.165) is 25.0 Å². The number of ether oxygens (including phenoxy) is 3. The summed E-state index contributed by atoms with van der Waals surface area (Å²) >= 11 is 0. The molecule has 106 valence electrons. The van der Waals surface area contributed by atoms with Crippen molar-refractivity contribution in [1.82, 2.24) is 0 Å². The largest absolute Gasteiger partial charge is 0.378 e. The highest BCUT2D eigenvalue weighted by molar-refractivity contribution is 5.24. The van der Waals surface area contributed by atoms with Crippen LogP contribution in [0.4, 0.5) is 0 Å². The molecule has 0 spiro atoms. The molecule has 1 aromatic carbocycles. The minimum atomic E-state index is -0.552. The Kier molecular flexibility index (Phi) is 4.61. The SMILES string of the molecule is CCCCOCC1(c2ccccc2)COC(C)(C)O1. The van der Waals surface area contributed by atoms with Crippen LogP contribution in [0.1, 0.15) is 39.2 Å². The average molecular weight is 264 g/mol. The lowest BCUT2D eigenvalue weighted by Gasteiger charge is -2.29. The molecule has 0 saturated carbocycles. The van der Waals surface area contributed by atoms with E-state index in [2.05, 4.69) is 19.1 Å². The third kappa shape index (κ3) is 3.56. The third-order valence-electron chi connectivity index (χ3n) is 3.37. The van der Waals surface area contributed by atoms with Crippen LogP contribution >= 0.6 is 0 Å². The maximum Gasteiger partial charge on any atom is 0.164 e. The molecule has 1 unspecified atom stereocenters. The van der Waals surface area contributed by atoms with Gasteiger partial charge in [0.2, 0.25) is 0 Å². The van der Waals surface area contributed by atoms with E-state index >= 15 is 0 Å². The standard InChI is InChI=1S/C16H24O3/c1-4-5-11-17-12-16(13-18-15(2,3)19-16)14-9-7-6-8-10-14/h6-10H,4-5,11-13H2,1-3H3. The van der Waals surface area contributed by atoms with E-state index in [1.165, 1.54) is 0 Å². The Hall–Kier alpha value is -0.900. The van der Waals surface area contributed by atoms with E-state index in [9.17, 15) is 0 Å². The lowest BCUT2D eigenvalue weighted by molar-refractivity contribution is -0.176. The first-order chi connectivity index (χ1) is 9.08. The summed E-state index contributed by atoms with van der Waals surface area (Å²) < 4.78 is 17.7. The summed E-state index contributed by atoms with van der Waals surface area (Å²) in [6, 6.07) is 10.2. The first-order valence-corrected chi connectivity index (χ1v) is 7.05. The van der Waals surface area contributed by atoms with Gasteiger partial charge in [-0.25, -0.2) is 0 Å². The summed E-state index contributed by atoms with van der Waals surface area (Å²) in [6.07, 6.45) is 2.22. The quantitative estimate of drug-likeness (QED) is 0.736. The second kappa shape index (κ2) is 6.04. The molecule has 0 bridgehead atoms. The highest BCUT2D eigenvalue weighted by Crippen LogP contribution is 2.38. The van der Waals surface area contributed by atoms with Crippen LogP contribution in [-0.4, -0.2) is 25.6 Å². The van der Waals surface area contributed by atoms with E-state index in [-0.39, 0.29) is 0 Å². The summed E-state index contributed by atoms with van der Waals surface area (Å²) in [4.78, 5) is 0. The van der Waals surface area contributed by atoms with Crippen LogP contribution in [0.15, 0.2) is 30.3 Å². The van der Waals surface area contributed by atoms with E-state index in [4.69, 9.17) is 14.2 Å². The zero-order valence-corrected chi connectivity index (χ0v) is 12.1. The Bertz CT molecular complexity index is 388. The lowest BCUT2D eigenvalue weighted by Crippen LogP contribution is -2.36. The number of hydrogen-bond acceptors (Lipinski definition) is 3. The van der Waals surface area contributed by atoms with Crippen molar-refractivity contribution in [1.29, 1.82) is 0 Å². The zero-order chi connectivity index (χ0) is 13.8. The van der Waals surface area contributed by atoms with Gasteiger partial charge in [0.25, 0.3) is 0 Å². The molecule has 1 atom stereocenters. The predicted molar refractivity (Wildman–Crippen MR) is 75.0 cm³/mol. The highest BCUT2D eigenvalue weighted by atomic mass is 16.8. The Labute approximate surface area is 115 Å². The van der Waals surface area contributed by atoms with E-state index in [1.807, 2.05) is 32.0 Å². The van der Waals surface area contributed by atoms with Crippen molar-refractivity contribution in [3.63, 3.8) is 0 Å². The number of hydrogen-bond donors (Lipinski definition) is 0. The molecule has 0 aromatic heterocycles. The molecule has 0 N–H and O–H groups in total. The molecule has 0 radical (unpaired) electrons. The minimum absolute atomic E-state index is 0.474. The monoisotopic (exact) mass is 264 g/mol. The van der Waals surface area contributed by atoms with Crippen molar-refractivity contribution in [3.8, 4) is 0 Å². The number of rotatable bonds is 6. The van der Waals surface area contributed by atoms with Gasteiger partial charge in [0, 0.05) is 6.61 Å². The van der Waals surface area contributed by atoms with Gasteiger partial charge in [-0.05, 0) is 25.8 Å². The predicted octanol–water partition coefficient (Wildman–Crippen LogP) is 3.48. The van der Waals surface area contributed by atoms with Gasteiger partial charge in [0.05, 0.1) is 13.2 Å². The van der Waals surface area contributed by atoms with Gasteiger partial charge in [-0.15, -0.1) is 0 Å². The molecule has 1 heterocycles. The summed E-state index contributed by atoms with van der Waals surface area (Å²) in [5.74, 6) is -0.552. The van der Waals surface area contributed by atoms with E-state index in [0.29, 0.717) is 13.2 Å². The van der Waals surface area contributed by atoms with Crippen LogP contribution in [0, 0.1) is 0 Å². The van der Waals surface area contributed by atoms with Crippen LogP contribution < -0.4 is 0 Å². The van der Waals surface area contributed by atoms with E-state index in [1.54, 1.807) is 0 Å². The first-order valence-electron chi connectivity index (χ1n) is 7.05. The van der Waals surface area contributed by atoms with Crippen LogP contribution in [0.2, 0.25) is 0 Å². The van der Waals surface area contributed by atoms with Crippen LogP contribution in [0.5, 0.6) is 0 Å². The minimum Gasteiger partial charge on any atom is -0.378 e. The molecule has 3 heteroatoms. The number of benzene rings is 1. The van der Waals surface area contributed by atoms with Gasteiger partial charge < -0.3 is 14.2 Å². The van der Waals surface area contributed by atoms with Gasteiger partial charge in [0.1, 0.15) is 5.60 Å². The molecule has 1 fully saturated rings. The topological polar surface area (TPSA) is 27.7 Å². The Morgan fingerprint density at radius 3 is 2.53 bits per heavy atom. The average Bonchev–Trinajstić information content (AvgIpc) is 2.73. The second-order valence-corrected chi connectivity index (χ2v) is 5.56. The second-order valence-electron chi connectivity index (χ2n) is 5.56. The molecule has 3 nitrogen and oxygen atoms in total. The van der Waals surface area contributed by atoms with Gasteiger partial charge in [-0.2, -0.15) is 0 Å². The van der Waals surface area contributed by atoms with Crippen molar-refractivity contribution < 1.29 is 14.2 Å². The lowest BCUT2D eigenvalue weighted by atomic mass is 9.95. The zero-order valence-electron chi connectivity index (χ0n) is 12.1. The Morgan fingerprint density at radius 2 is 1.95 bits per heavy atom. The summed E-state index contributed by atoms with van der Waals surface area (Å²) in [5, 5.41) is 0. The number of unbranched alkanes of at least 4 members (excludes halogenated alkanes) is 1. The van der Waals surface area contributed by atoms with Gasteiger partial charge >= 0.3 is 0 Å². The van der Waals surface area contributed by atoms with E-state index < -0.39 is 11.4 Å². The third-order valence-corrected chi connectivity index (χ3v) is 3.37. The van der Waals surface area contributed by atoms with Gasteiger partial charge in [-0.3, -0.25) is 0 Å². The fourth-order valence-electron chi connectivity index (χ4n) is 2.34. The molecule has 1 saturated heterocycles. The molecule has 1 aliphatic rings. The molecular formula is C16H24O3. The normalized spacial score (nSPS) is 25.6. The smallest absolute Gasteiger partial charge is 0.164 e. The summed E-state index contributed by atoms with van der Waals surface area (Å²) in [6.45, 7) is 7.91. The first kappa shape index (κ1) is 14.5. The van der Waals surface area contributed by atoms with Gasteiger partial charge in [0.15, 0.2) is 5.79 Å². The van der Waals surface area contributed by atoms with Crippen molar-refractivity contribution in [2.45, 2.75) is 45.0 Å².